The second-order valence-electron chi connectivity index (χ2n) is 10.0. The van der Waals surface area contributed by atoms with Crippen LogP contribution < -0.4 is 21.3 Å². The summed E-state index contributed by atoms with van der Waals surface area (Å²) >= 11 is 0. The SMILES string of the molecule is CN(Cc1c(C=O)cccc1NC(=O)CCCCNCCN1CCC(NC=O)CC1)C1CCC(=O)NC1=O. The van der Waals surface area contributed by atoms with E-state index in [0.717, 1.165) is 71.1 Å². The molecule has 2 heterocycles. The highest BCUT2D eigenvalue weighted by atomic mass is 16.2. The van der Waals surface area contributed by atoms with Gasteiger partial charge in [0.25, 0.3) is 0 Å². The topological polar surface area (TPSA) is 140 Å². The number of nitrogens with one attached hydrogen (secondary N) is 4. The third-order valence-corrected chi connectivity index (χ3v) is 7.27. The summed E-state index contributed by atoms with van der Waals surface area (Å²) in [5.74, 6) is -0.742. The Balaban J connectivity index is 1.38. The van der Waals surface area contributed by atoms with E-state index in [0.29, 0.717) is 35.7 Å². The summed E-state index contributed by atoms with van der Waals surface area (Å²) in [5.41, 5.74) is 1.66. The maximum absolute atomic E-state index is 12.6. The number of anilines is 1. The molecule has 4 amide bonds. The fourth-order valence-electron chi connectivity index (χ4n) is 5.00. The number of amides is 4. The molecule has 2 fully saturated rings. The van der Waals surface area contributed by atoms with E-state index in [2.05, 4.69) is 26.2 Å². The van der Waals surface area contributed by atoms with Gasteiger partial charge >= 0.3 is 0 Å². The second-order valence-corrected chi connectivity index (χ2v) is 10.0. The summed E-state index contributed by atoms with van der Waals surface area (Å²) < 4.78 is 0. The number of rotatable bonds is 15. The highest BCUT2D eigenvalue weighted by molar-refractivity contribution is 6.00. The molecule has 11 heteroatoms. The third kappa shape index (κ3) is 9.00. The Bertz CT molecular complexity index is 979. The van der Waals surface area contributed by atoms with Crippen LogP contribution in [0.4, 0.5) is 5.69 Å². The van der Waals surface area contributed by atoms with Crippen LogP contribution in [0.1, 0.15) is 60.9 Å². The van der Waals surface area contributed by atoms with Crippen LogP contribution in [0.25, 0.3) is 0 Å². The van der Waals surface area contributed by atoms with Crippen LogP contribution >= 0.6 is 0 Å². The Morgan fingerprint density at radius 2 is 1.92 bits per heavy atom. The van der Waals surface area contributed by atoms with Crippen molar-refractivity contribution in [2.75, 3.05) is 45.1 Å². The molecule has 0 aliphatic carbocycles. The Morgan fingerprint density at radius 3 is 2.63 bits per heavy atom. The Labute approximate surface area is 224 Å². The quantitative estimate of drug-likeness (QED) is 0.148. The van der Waals surface area contributed by atoms with Gasteiger partial charge < -0.3 is 20.9 Å². The summed E-state index contributed by atoms with van der Waals surface area (Å²) in [7, 11) is 1.77. The number of nitrogens with zero attached hydrogens (tertiary/aromatic N) is 2. The van der Waals surface area contributed by atoms with E-state index in [1.54, 1.807) is 30.1 Å². The van der Waals surface area contributed by atoms with Crippen molar-refractivity contribution in [1.82, 2.24) is 25.8 Å². The smallest absolute Gasteiger partial charge is 0.243 e. The van der Waals surface area contributed by atoms with Crippen molar-refractivity contribution in [3.05, 3.63) is 29.3 Å². The normalized spacial score (nSPS) is 18.7. The van der Waals surface area contributed by atoms with Crippen molar-refractivity contribution in [1.29, 1.82) is 0 Å². The number of aldehydes is 1. The number of carbonyl (C=O) groups is 5. The minimum atomic E-state index is -0.477. The number of hydrogen-bond acceptors (Lipinski definition) is 8. The molecule has 11 nitrogen and oxygen atoms in total. The van der Waals surface area contributed by atoms with Crippen molar-refractivity contribution in [3.63, 3.8) is 0 Å². The number of unbranched alkanes of at least 4 members (excludes halogenated alkanes) is 1. The van der Waals surface area contributed by atoms with Gasteiger partial charge in [-0.3, -0.25) is 34.2 Å². The van der Waals surface area contributed by atoms with Gasteiger partial charge in [-0.05, 0) is 51.8 Å². The molecular weight excluding hydrogens is 488 g/mol. The largest absolute Gasteiger partial charge is 0.356 e. The van der Waals surface area contributed by atoms with Crippen molar-refractivity contribution in [3.8, 4) is 0 Å². The van der Waals surface area contributed by atoms with Crippen molar-refractivity contribution in [2.24, 2.45) is 0 Å². The first-order valence-electron chi connectivity index (χ1n) is 13.4. The molecule has 0 aromatic heterocycles. The molecule has 1 aromatic carbocycles. The van der Waals surface area contributed by atoms with Crippen molar-refractivity contribution < 1.29 is 24.0 Å². The summed E-state index contributed by atoms with van der Waals surface area (Å²) in [6.07, 6.45) is 6.17. The Hall–Kier alpha value is -3.15. The molecule has 0 radical (unpaired) electrons. The number of hydrogen-bond donors (Lipinski definition) is 4. The molecule has 3 rings (SSSR count). The van der Waals surface area contributed by atoms with Gasteiger partial charge in [-0.2, -0.15) is 0 Å². The lowest BCUT2D eigenvalue weighted by Gasteiger charge is -2.31. The van der Waals surface area contributed by atoms with E-state index >= 15 is 0 Å². The molecule has 1 unspecified atom stereocenters. The van der Waals surface area contributed by atoms with Crippen LogP contribution in [-0.4, -0.2) is 92.1 Å². The molecule has 1 atom stereocenters. The van der Waals surface area contributed by atoms with E-state index in [1.807, 2.05) is 0 Å². The van der Waals surface area contributed by atoms with E-state index in [4.69, 9.17) is 0 Å². The van der Waals surface area contributed by atoms with Crippen molar-refractivity contribution >= 4 is 36.1 Å². The molecule has 208 valence electrons. The van der Waals surface area contributed by atoms with E-state index < -0.39 is 6.04 Å². The van der Waals surface area contributed by atoms with Crippen LogP contribution in [0.5, 0.6) is 0 Å². The summed E-state index contributed by atoms with van der Waals surface area (Å²) in [6, 6.07) is 4.99. The number of benzene rings is 1. The van der Waals surface area contributed by atoms with E-state index in [9.17, 15) is 24.0 Å². The highest BCUT2D eigenvalue weighted by Gasteiger charge is 2.30. The molecule has 2 saturated heterocycles. The average Bonchev–Trinajstić information content (AvgIpc) is 2.90. The van der Waals surface area contributed by atoms with Gasteiger partial charge in [-0.25, -0.2) is 0 Å². The van der Waals surface area contributed by atoms with Crippen LogP contribution in [-0.2, 0) is 25.7 Å². The van der Waals surface area contributed by atoms with Gasteiger partial charge in [-0.15, -0.1) is 0 Å². The molecule has 38 heavy (non-hydrogen) atoms. The minimum absolute atomic E-state index is 0.121. The molecule has 0 saturated carbocycles. The van der Waals surface area contributed by atoms with E-state index in [-0.39, 0.29) is 30.7 Å². The first-order valence-corrected chi connectivity index (χ1v) is 13.4. The highest BCUT2D eigenvalue weighted by Crippen LogP contribution is 2.23. The maximum Gasteiger partial charge on any atom is 0.243 e. The first kappa shape index (κ1) is 29.4. The zero-order valence-electron chi connectivity index (χ0n) is 22.2. The minimum Gasteiger partial charge on any atom is -0.356 e. The summed E-state index contributed by atoms with van der Waals surface area (Å²) in [5, 5.41) is 11.6. The molecule has 2 aliphatic heterocycles. The molecular formula is C27H40N6O5. The van der Waals surface area contributed by atoms with Crippen molar-refractivity contribution in [2.45, 2.75) is 63.6 Å². The van der Waals surface area contributed by atoms with Gasteiger partial charge in [0.1, 0.15) is 6.29 Å². The predicted molar refractivity (Wildman–Crippen MR) is 143 cm³/mol. The van der Waals surface area contributed by atoms with Crippen LogP contribution in [0, 0.1) is 0 Å². The monoisotopic (exact) mass is 528 g/mol. The lowest BCUT2D eigenvalue weighted by molar-refractivity contribution is -0.137. The summed E-state index contributed by atoms with van der Waals surface area (Å²) in [6.45, 7) is 4.96. The van der Waals surface area contributed by atoms with E-state index in [1.165, 1.54) is 0 Å². The number of imide groups is 1. The zero-order valence-corrected chi connectivity index (χ0v) is 22.2. The van der Waals surface area contributed by atoms with Crippen LogP contribution in [0.2, 0.25) is 0 Å². The first-order chi connectivity index (χ1) is 18.4. The lowest BCUT2D eigenvalue weighted by Crippen LogP contribution is -2.51. The van der Waals surface area contributed by atoms with Gasteiger partial charge in [0, 0.05) is 68.4 Å². The fraction of sp³-hybridized carbons (Fsp3) is 0.593. The summed E-state index contributed by atoms with van der Waals surface area (Å²) in [4.78, 5) is 62.8. The van der Waals surface area contributed by atoms with Crippen LogP contribution in [0.3, 0.4) is 0 Å². The van der Waals surface area contributed by atoms with Gasteiger partial charge in [0.05, 0.1) is 6.04 Å². The number of likely N-dealkylation sites (N-methyl/N-ethyl adjacent to an activating group) is 1. The van der Waals surface area contributed by atoms with Gasteiger partial charge in [0.2, 0.25) is 24.1 Å². The standard InChI is InChI=1S/C27H40N6O5/c1-32(24-8-9-26(37)31-27(24)38)17-22-20(18-34)5-4-6-23(22)30-25(36)7-2-3-12-28-13-16-33-14-10-21(11-15-33)29-19-35/h4-6,18-19,21,24,28H,2-3,7-17H2,1H3,(H,29,35)(H,30,36)(H,31,37,38). The fourth-order valence-corrected chi connectivity index (χ4v) is 5.00. The average molecular weight is 529 g/mol. The number of piperidine rings is 2. The van der Waals surface area contributed by atoms with Gasteiger partial charge in [0.15, 0.2) is 0 Å². The number of carbonyl (C=O) groups excluding carboxylic acids is 5. The Morgan fingerprint density at radius 1 is 1.13 bits per heavy atom. The van der Waals surface area contributed by atoms with Gasteiger partial charge in [-0.1, -0.05) is 12.1 Å². The molecule has 1 aromatic rings. The predicted octanol–water partition coefficient (Wildman–Crippen LogP) is 0.645. The zero-order chi connectivity index (χ0) is 27.3. The van der Waals surface area contributed by atoms with Crippen LogP contribution in [0.15, 0.2) is 18.2 Å². The lowest BCUT2D eigenvalue weighted by atomic mass is 10.0. The second kappa shape index (κ2) is 15.3. The molecule has 0 spiro atoms. The Kier molecular flexibility index (Phi) is 11.8. The number of likely N-dealkylation sites (tertiary alicyclic amines) is 1. The maximum atomic E-state index is 12.6. The molecule has 2 aliphatic rings. The molecule has 0 bridgehead atoms. The molecule has 4 N–H and O–H groups in total. The third-order valence-electron chi connectivity index (χ3n) is 7.27.